The fourth-order valence-corrected chi connectivity index (χ4v) is 3.64. The Morgan fingerprint density at radius 3 is 2.19 bits per heavy atom. The first-order chi connectivity index (χ1) is 17.5. The topological polar surface area (TPSA) is 84.2 Å². The summed E-state index contributed by atoms with van der Waals surface area (Å²) >= 11 is 0. The normalized spacial score (nSPS) is 11.3. The lowest BCUT2D eigenvalue weighted by atomic mass is 10.1. The summed E-state index contributed by atoms with van der Waals surface area (Å²) in [4.78, 5) is 25.9. The van der Waals surface area contributed by atoms with Crippen molar-refractivity contribution in [3.63, 3.8) is 0 Å². The minimum Gasteiger partial charge on any atom is -0.496 e. The van der Waals surface area contributed by atoms with E-state index in [1.807, 2.05) is 0 Å². The molecule has 0 unspecified atom stereocenters. The number of esters is 1. The summed E-state index contributed by atoms with van der Waals surface area (Å²) in [5.41, 5.74) is -0.228. The van der Waals surface area contributed by atoms with E-state index in [1.165, 1.54) is 44.6 Å². The molecule has 4 rings (SSSR count). The zero-order chi connectivity index (χ0) is 26.9. The van der Waals surface area contributed by atoms with Crippen LogP contribution in [0.5, 0.6) is 28.7 Å². The average Bonchev–Trinajstić information content (AvgIpc) is 2.86. The summed E-state index contributed by atoms with van der Waals surface area (Å²) in [7, 11) is 2.71. The molecular weight excluding hydrogens is 493 g/mol. The number of alkyl halides is 3. The summed E-state index contributed by atoms with van der Waals surface area (Å²) < 4.78 is 68.0. The van der Waals surface area contributed by atoms with Crippen LogP contribution in [0.15, 0.2) is 63.8 Å². The van der Waals surface area contributed by atoms with Crippen LogP contribution in [0.4, 0.5) is 13.2 Å². The van der Waals surface area contributed by atoms with E-state index in [0.717, 1.165) is 11.6 Å². The summed E-state index contributed by atoms with van der Waals surface area (Å²) in [6.45, 7) is 3.38. The van der Waals surface area contributed by atoms with Gasteiger partial charge in [0.15, 0.2) is 0 Å². The molecule has 10 heteroatoms. The molecule has 0 saturated carbocycles. The van der Waals surface area contributed by atoms with E-state index >= 15 is 0 Å². The number of hydrogen-bond donors (Lipinski definition) is 0. The van der Waals surface area contributed by atoms with E-state index in [2.05, 4.69) is 0 Å². The highest BCUT2D eigenvalue weighted by molar-refractivity contribution is 5.97. The Hall–Kier alpha value is -4.47. The molecule has 0 aliphatic rings. The average molecular weight is 514 g/mol. The minimum atomic E-state index is -5.04. The van der Waals surface area contributed by atoms with Gasteiger partial charge in [0.25, 0.3) is 5.76 Å². The third kappa shape index (κ3) is 5.09. The first-order valence-corrected chi connectivity index (χ1v) is 10.9. The van der Waals surface area contributed by atoms with E-state index in [1.54, 1.807) is 32.0 Å². The molecule has 0 saturated heterocycles. The van der Waals surface area contributed by atoms with Gasteiger partial charge in [0, 0.05) is 6.07 Å². The molecule has 0 atom stereocenters. The van der Waals surface area contributed by atoms with Crippen LogP contribution in [-0.4, -0.2) is 20.2 Å². The number of aryl methyl sites for hydroxylation is 2. The highest BCUT2D eigenvalue weighted by atomic mass is 19.4. The van der Waals surface area contributed by atoms with Gasteiger partial charge in [-0.2, -0.15) is 13.2 Å². The Kier molecular flexibility index (Phi) is 6.84. The Bertz CT molecular complexity index is 1530. The summed E-state index contributed by atoms with van der Waals surface area (Å²) in [5.74, 6) is -3.22. The van der Waals surface area contributed by atoms with Gasteiger partial charge < -0.3 is 23.4 Å². The lowest BCUT2D eigenvalue weighted by Gasteiger charge is -2.15. The standard InChI is InChI=1S/C27H21F3O7/c1-14-8-9-15(2)20(12-14)36-24-23(31)17-11-10-16(13-21(17)37-25(24)27(28,29)30)35-26(32)22-18(33-3)6-5-7-19(22)34-4/h5-13H,1-4H3. The summed E-state index contributed by atoms with van der Waals surface area (Å²) in [6, 6.07) is 13.1. The first kappa shape index (κ1) is 25.6. The molecule has 192 valence electrons. The van der Waals surface area contributed by atoms with Crippen molar-refractivity contribution in [2.75, 3.05) is 14.2 Å². The number of ether oxygens (including phenoxy) is 4. The van der Waals surface area contributed by atoms with E-state index in [-0.39, 0.29) is 33.9 Å². The number of methoxy groups -OCH3 is 2. The molecule has 1 aromatic heterocycles. The maximum atomic E-state index is 13.9. The molecule has 0 bridgehead atoms. The summed E-state index contributed by atoms with van der Waals surface area (Å²) in [5, 5.41) is -0.192. The fraction of sp³-hybridized carbons (Fsp3) is 0.185. The predicted molar refractivity (Wildman–Crippen MR) is 128 cm³/mol. The molecule has 1 heterocycles. The van der Waals surface area contributed by atoms with Crippen LogP contribution in [0.25, 0.3) is 11.0 Å². The van der Waals surface area contributed by atoms with Gasteiger partial charge in [-0.25, -0.2) is 4.79 Å². The van der Waals surface area contributed by atoms with Crippen LogP contribution in [-0.2, 0) is 6.18 Å². The van der Waals surface area contributed by atoms with Crippen LogP contribution < -0.4 is 24.4 Å². The van der Waals surface area contributed by atoms with Crippen molar-refractivity contribution in [1.82, 2.24) is 0 Å². The van der Waals surface area contributed by atoms with E-state index in [4.69, 9.17) is 23.4 Å². The Labute approximate surface area is 208 Å². The quantitative estimate of drug-likeness (QED) is 0.216. The first-order valence-electron chi connectivity index (χ1n) is 10.9. The van der Waals surface area contributed by atoms with Crippen molar-refractivity contribution >= 4 is 16.9 Å². The molecule has 0 N–H and O–H groups in total. The fourth-order valence-electron chi connectivity index (χ4n) is 3.64. The second-order valence-corrected chi connectivity index (χ2v) is 8.04. The number of fused-ring (bicyclic) bond motifs is 1. The predicted octanol–water partition coefficient (Wildman–Crippen LogP) is 6.46. The zero-order valence-electron chi connectivity index (χ0n) is 20.2. The highest BCUT2D eigenvalue weighted by Gasteiger charge is 2.40. The third-order valence-corrected chi connectivity index (χ3v) is 5.48. The lowest BCUT2D eigenvalue weighted by Crippen LogP contribution is -2.16. The molecule has 0 radical (unpaired) electrons. The smallest absolute Gasteiger partial charge is 0.453 e. The maximum Gasteiger partial charge on any atom is 0.453 e. The van der Waals surface area contributed by atoms with Crippen LogP contribution in [0.1, 0.15) is 27.2 Å². The zero-order valence-corrected chi connectivity index (χ0v) is 20.2. The van der Waals surface area contributed by atoms with E-state index in [0.29, 0.717) is 5.56 Å². The molecule has 7 nitrogen and oxygen atoms in total. The van der Waals surface area contributed by atoms with Gasteiger partial charge in [-0.1, -0.05) is 18.2 Å². The molecule has 4 aromatic rings. The maximum absolute atomic E-state index is 13.9. The van der Waals surface area contributed by atoms with Gasteiger partial charge in [-0.3, -0.25) is 4.79 Å². The molecule has 0 spiro atoms. The van der Waals surface area contributed by atoms with Gasteiger partial charge in [0.2, 0.25) is 11.2 Å². The SMILES string of the molecule is COc1cccc(OC)c1C(=O)Oc1ccc2c(=O)c(Oc3cc(C)ccc3C)c(C(F)(F)F)oc2c1. The van der Waals surface area contributed by atoms with Crippen molar-refractivity contribution in [1.29, 1.82) is 0 Å². The van der Waals surface area contributed by atoms with E-state index < -0.39 is 34.7 Å². The Morgan fingerprint density at radius 2 is 1.57 bits per heavy atom. The second-order valence-electron chi connectivity index (χ2n) is 8.04. The third-order valence-electron chi connectivity index (χ3n) is 5.48. The minimum absolute atomic E-state index is 0.0256. The van der Waals surface area contributed by atoms with Gasteiger partial charge in [-0.05, 0) is 55.3 Å². The van der Waals surface area contributed by atoms with Gasteiger partial charge in [0.1, 0.15) is 34.1 Å². The van der Waals surface area contributed by atoms with Gasteiger partial charge in [0.05, 0.1) is 19.6 Å². The van der Waals surface area contributed by atoms with Crippen LogP contribution in [0, 0.1) is 13.8 Å². The number of carbonyl (C=O) groups is 1. The Morgan fingerprint density at radius 1 is 0.892 bits per heavy atom. The van der Waals surface area contributed by atoms with Crippen molar-refractivity contribution in [3.8, 4) is 28.7 Å². The highest BCUT2D eigenvalue weighted by Crippen LogP contribution is 2.39. The second kappa shape index (κ2) is 9.88. The monoisotopic (exact) mass is 514 g/mol. The van der Waals surface area contributed by atoms with E-state index in [9.17, 15) is 22.8 Å². The number of rotatable bonds is 6. The lowest BCUT2D eigenvalue weighted by molar-refractivity contribution is -0.154. The summed E-state index contributed by atoms with van der Waals surface area (Å²) in [6.07, 6.45) is -5.04. The number of carbonyl (C=O) groups excluding carboxylic acids is 1. The Balaban J connectivity index is 1.79. The molecule has 3 aromatic carbocycles. The number of benzene rings is 3. The largest absolute Gasteiger partial charge is 0.496 e. The van der Waals surface area contributed by atoms with Crippen molar-refractivity contribution in [2.24, 2.45) is 0 Å². The van der Waals surface area contributed by atoms with Crippen LogP contribution in [0.3, 0.4) is 0 Å². The number of halogens is 3. The molecule has 0 amide bonds. The molecule has 0 fully saturated rings. The van der Waals surface area contributed by atoms with Gasteiger partial charge in [-0.15, -0.1) is 0 Å². The van der Waals surface area contributed by atoms with Crippen molar-refractivity contribution in [3.05, 3.63) is 87.3 Å². The molecule has 0 aliphatic carbocycles. The molecule has 0 aliphatic heterocycles. The molecular formula is C27H21F3O7. The van der Waals surface area contributed by atoms with Crippen LogP contribution >= 0.6 is 0 Å². The van der Waals surface area contributed by atoms with Crippen molar-refractivity contribution < 1.29 is 41.3 Å². The molecule has 37 heavy (non-hydrogen) atoms. The van der Waals surface area contributed by atoms with Crippen LogP contribution in [0.2, 0.25) is 0 Å². The number of hydrogen-bond acceptors (Lipinski definition) is 7. The van der Waals surface area contributed by atoms with Crippen molar-refractivity contribution in [2.45, 2.75) is 20.0 Å². The van der Waals surface area contributed by atoms with Gasteiger partial charge >= 0.3 is 12.1 Å².